The van der Waals surface area contributed by atoms with Gasteiger partial charge in [0.2, 0.25) is 0 Å². The lowest BCUT2D eigenvalue weighted by atomic mass is 9.51. The Morgan fingerprint density at radius 3 is 2.71 bits per heavy atom. The molecular weight excluding hydrogens is 260 g/mol. The average Bonchev–Trinajstić information content (AvgIpc) is 2.76. The van der Waals surface area contributed by atoms with Crippen LogP contribution in [0, 0.1) is 28.6 Å². The number of aliphatic hydroxyl groups excluding tert-OH is 2. The van der Waals surface area contributed by atoms with Gasteiger partial charge < -0.3 is 10.2 Å². The van der Waals surface area contributed by atoms with E-state index in [-0.39, 0.29) is 23.0 Å². The van der Waals surface area contributed by atoms with E-state index in [9.17, 15) is 10.2 Å². The molecule has 0 aromatic heterocycles. The fraction of sp³-hybridized carbons (Fsp3) is 0.684. The topological polar surface area (TPSA) is 40.5 Å². The van der Waals surface area contributed by atoms with Gasteiger partial charge in [-0.05, 0) is 43.4 Å². The molecule has 0 bridgehead atoms. The Morgan fingerprint density at radius 2 is 1.90 bits per heavy atom. The van der Waals surface area contributed by atoms with Crippen molar-refractivity contribution < 1.29 is 10.2 Å². The van der Waals surface area contributed by atoms with Crippen LogP contribution in [0.15, 0.2) is 36.0 Å². The van der Waals surface area contributed by atoms with Crippen LogP contribution in [0.1, 0.15) is 39.5 Å². The maximum absolute atomic E-state index is 10.4. The minimum absolute atomic E-state index is 0.0270. The molecule has 2 N–H and O–H groups in total. The largest absolute Gasteiger partial charge is 0.392 e. The molecule has 0 saturated heterocycles. The molecular formula is C19H26O2. The number of allylic oxidation sites excluding steroid dienone is 3. The van der Waals surface area contributed by atoms with Gasteiger partial charge in [0, 0.05) is 10.8 Å². The van der Waals surface area contributed by atoms with Gasteiger partial charge in [0.15, 0.2) is 0 Å². The highest BCUT2D eigenvalue weighted by molar-refractivity contribution is 5.36. The molecule has 2 nitrogen and oxygen atoms in total. The van der Waals surface area contributed by atoms with Gasteiger partial charge in [-0.25, -0.2) is 0 Å². The zero-order chi connectivity index (χ0) is 14.8. The summed E-state index contributed by atoms with van der Waals surface area (Å²) in [5, 5.41) is 20.3. The van der Waals surface area contributed by atoms with E-state index >= 15 is 0 Å². The maximum Gasteiger partial charge on any atom is 0.0758 e. The van der Waals surface area contributed by atoms with Gasteiger partial charge in [0.1, 0.15) is 0 Å². The quantitative estimate of drug-likeness (QED) is 0.671. The summed E-state index contributed by atoms with van der Waals surface area (Å²) in [4.78, 5) is 0. The summed E-state index contributed by atoms with van der Waals surface area (Å²) in [6, 6.07) is 0. The predicted molar refractivity (Wildman–Crippen MR) is 83.5 cm³/mol. The van der Waals surface area contributed by atoms with E-state index in [4.69, 9.17) is 0 Å². The van der Waals surface area contributed by atoms with E-state index in [1.807, 2.05) is 6.08 Å². The lowest BCUT2D eigenvalue weighted by molar-refractivity contribution is 0.0236. The van der Waals surface area contributed by atoms with E-state index in [1.165, 1.54) is 5.57 Å². The number of aliphatic hydroxyl groups is 2. The SMILES string of the molecule is C[C@]12C=C[C@H]3[C@@H](CC=C4C[C@@H](O)C=C[C@@]43C)[C@@H]1CC[C@@H]2O. The van der Waals surface area contributed by atoms with E-state index < -0.39 is 0 Å². The minimum Gasteiger partial charge on any atom is -0.392 e. The monoisotopic (exact) mass is 286 g/mol. The van der Waals surface area contributed by atoms with Crippen molar-refractivity contribution in [1.29, 1.82) is 0 Å². The lowest BCUT2D eigenvalue weighted by Gasteiger charge is -2.53. The van der Waals surface area contributed by atoms with E-state index in [0.29, 0.717) is 17.8 Å². The molecule has 0 unspecified atom stereocenters. The number of hydrogen-bond donors (Lipinski definition) is 2. The van der Waals surface area contributed by atoms with Crippen LogP contribution in [0.25, 0.3) is 0 Å². The fourth-order valence-corrected chi connectivity index (χ4v) is 5.61. The van der Waals surface area contributed by atoms with Crippen molar-refractivity contribution in [1.82, 2.24) is 0 Å². The number of hydrogen-bond acceptors (Lipinski definition) is 2. The van der Waals surface area contributed by atoms with Crippen molar-refractivity contribution in [2.75, 3.05) is 0 Å². The van der Waals surface area contributed by atoms with Crippen LogP contribution in [0.5, 0.6) is 0 Å². The summed E-state index contributed by atoms with van der Waals surface area (Å²) in [6.07, 6.45) is 14.8. The van der Waals surface area contributed by atoms with Crippen LogP contribution >= 0.6 is 0 Å². The van der Waals surface area contributed by atoms with Gasteiger partial charge in [0.25, 0.3) is 0 Å². The van der Waals surface area contributed by atoms with Crippen molar-refractivity contribution in [2.24, 2.45) is 28.6 Å². The summed E-state index contributed by atoms with van der Waals surface area (Å²) in [5.41, 5.74) is 1.44. The molecule has 1 fully saturated rings. The van der Waals surface area contributed by atoms with Gasteiger partial charge in [-0.15, -0.1) is 0 Å². The molecule has 0 radical (unpaired) electrons. The first kappa shape index (κ1) is 13.8. The summed E-state index contributed by atoms with van der Waals surface area (Å²) in [7, 11) is 0. The Labute approximate surface area is 127 Å². The molecule has 0 amide bonds. The maximum atomic E-state index is 10.4. The van der Waals surface area contributed by atoms with Crippen molar-refractivity contribution in [3.8, 4) is 0 Å². The zero-order valence-corrected chi connectivity index (χ0v) is 13.0. The highest BCUT2D eigenvalue weighted by Crippen LogP contribution is 2.61. The van der Waals surface area contributed by atoms with Crippen LogP contribution in [-0.4, -0.2) is 22.4 Å². The molecule has 0 aromatic rings. The van der Waals surface area contributed by atoms with Crippen LogP contribution in [0.3, 0.4) is 0 Å². The molecule has 21 heavy (non-hydrogen) atoms. The smallest absolute Gasteiger partial charge is 0.0758 e. The molecule has 0 aromatic carbocycles. The van der Waals surface area contributed by atoms with Gasteiger partial charge >= 0.3 is 0 Å². The van der Waals surface area contributed by atoms with Gasteiger partial charge in [-0.2, -0.15) is 0 Å². The second-order valence-corrected chi connectivity index (χ2v) is 7.99. The third-order valence-electron chi connectivity index (χ3n) is 7.02. The summed E-state index contributed by atoms with van der Waals surface area (Å²) in [6.45, 7) is 4.57. The third-order valence-corrected chi connectivity index (χ3v) is 7.02. The van der Waals surface area contributed by atoms with Gasteiger partial charge in [0.05, 0.1) is 12.2 Å². The highest BCUT2D eigenvalue weighted by atomic mass is 16.3. The Kier molecular flexibility index (Phi) is 2.84. The van der Waals surface area contributed by atoms with Crippen LogP contribution in [0.2, 0.25) is 0 Å². The Balaban J connectivity index is 1.77. The standard InChI is InChI=1S/C19H26O2/c1-18-9-7-13(20)11-12(18)3-4-14-15-5-6-17(21)19(15,2)10-8-16(14)18/h3,7-10,13-17,20-21H,4-6,11H2,1-2H3/t13-,14-,15-,16-,17-,18-,19-/m0/s1. The van der Waals surface area contributed by atoms with Crippen molar-refractivity contribution in [3.05, 3.63) is 36.0 Å². The average molecular weight is 286 g/mol. The molecule has 4 aliphatic rings. The highest BCUT2D eigenvalue weighted by Gasteiger charge is 2.55. The molecule has 114 valence electrons. The van der Waals surface area contributed by atoms with E-state index in [0.717, 1.165) is 25.7 Å². The first-order valence-electron chi connectivity index (χ1n) is 8.39. The van der Waals surface area contributed by atoms with Gasteiger partial charge in [-0.3, -0.25) is 0 Å². The van der Waals surface area contributed by atoms with Crippen molar-refractivity contribution >= 4 is 0 Å². The first-order valence-corrected chi connectivity index (χ1v) is 8.39. The number of fused-ring (bicyclic) bond motifs is 5. The molecule has 1 saturated carbocycles. The predicted octanol–water partition coefficient (Wildman–Crippen LogP) is 3.22. The molecule has 0 spiro atoms. The van der Waals surface area contributed by atoms with Crippen molar-refractivity contribution in [2.45, 2.75) is 51.7 Å². The Morgan fingerprint density at radius 1 is 1.10 bits per heavy atom. The van der Waals surface area contributed by atoms with Crippen LogP contribution < -0.4 is 0 Å². The summed E-state index contributed by atoms with van der Waals surface area (Å²) in [5.74, 6) is 1.74. The van der Waals surface area contributed by atoms with Crippen LogP contribution in [-0.2, 0) is 0 Å². The van der Waals surface area contributed by atoms with Crippen molar-refractivity contribution in [3.63, 3.8) is 0 Å². The zero-order valence-electron chi connectivity index (χ0n) is 13.0. The van der Waals surface area contributed by atoms with Crippen LogP contribution in [0.4, 0.5) is 0 Å². The third kappa shape index (κ3) is 1.72. The van der Waals surface area contributed by atoms with E-state index in [2.05, 4.69) is 38.2 Å². The molecule has 2 heteroatoms. The molecule has 4 rings (SSSR count). The Bertz CT molecular complexity index is 546. The molecule has 4 aliphatic carbocycles. The van der Waals surface area contributed by atoms with Gasteiger partial charge in [-0.1, -0.05) is 49.8 Å². The summed E-state index contributed by atoms with van der Waals surface area (Å²) < 4.78 is 0. The second kappa shape index (κ2) is 4.33. The lowest BCUT2D eigenvalue weighted by Crippen LogP contribution is -2.47. The molecule has 0 aliphatic heterocycles. The first-order chi connectivity index (χ1) is 9.95. The Hall–Kier alpha value is -0.860. The fourth-order valence-electron chi connectivity index (χ4n) is 5.61. The van der Waals surface area contributed by atoms with E-state index in [1.54, 1.807) is 0 Å². The summed E-state index contributed by atoms with van der Waals surface area (Å²) >= 11 is 0. The second-order valence-electron chi connectivity index (χ2n) is 7.99. The minimum atomic E-state index is -0.313. The molecule has 7 atom stereocenters. The normalized spacial score (nSPS) is 54.7. The number of rotatable bonds is 0. The molecule has 0 heterocycles.